The Morgan fingerprint density at radius 1 is 1.17 bits per heavy atom. The van der Waals surface area contributed by atoms with E-state index in [2.05, 4.69) is 25.4 Å². The van der Waals surface area contributed by atoms with Gasteiger partial charge >= 0.3 is 0 Å². The molecule has 1 unspecified atom stereocenters. The largest absolute Gasteiger partial charge is 0.365 e. The average Bonchev–Trinajstić information content (AvgIpc) is 3.26. The van der Waals surface area contributed by atoms with Crippen LogP contribution in [0.2, 0.25) is 0 Å². The minimum Gasteiger partial charge on any atom is -0.365 e. The highest BCUT2D eigenvalue weighted by Crippen LogP contribution is 2.26. The number of para-hydroxylation sites is 1. The normalized spacial score (nSPS) is 19.5. The minimum absolute atomic E-state index is 0.0508. The molecule has 2 N–H and O–H groups in total. The van der Waals surface area contributed by atoms with Gasteiger partial charge in [0.2, 0.25) is 0 Å². The lowest BCUT2D eigenvalue weighted by Crippen LogP contribution is -2.44. The van der Waals surface area contributed by atoms with E-state index in [-0.39, 0.29) is 11.7 Å². The van der Waals surface area contributed by atoms with E-state index in [9.17, 15) is 8.78 Å². The average molecular weight is 418 g/mol. The second kappa shape index (κ2) is 9.40. The van der Waals surface area contributed by atoms with E-state index in [0.717, 1.165) is 50.4 Å². The van der Waals surface area contributed by atoms with Crippen LogP contribution in [-0.4, -0.2) is 46.4 Å². The number of rotatable bonds is 5. The molecule has 2 aliphatic heterocycles. The summed E-state index contributed by atoms with van der Waals surface area (Å²) < 4.78 is 30.4. The molecule has 162 valence electrons. The monoisotopic (exact) mass is 417 g/mol. The fourth-order valence-electron chi connectivity index (χ4n) is 4.20. The Labute approximate surface area is 175 Å². The van der Waals surface area contributed by atoms with Crippen LogP contribution in [0.5, 0.6) is 0 Å². The lowest BCUT2D eigenvalue weighted by molar-refractivity contribution is 0.575. The van der Waals surface area contributed by atoms with Crippen LogP contribution in [0.4, 0.5) is 14.5 Å². The number of halogens is 2. The number of guanidine groups is 1. The summed E-state index contributed by atoms with van der Waals surface area (Å²) in [6, 6.07) is 4.04. The first-order valence-corrected chi connectivity index (χ1v) is 10.8. The van der Waals surface area contributed by atoms with Crippen molar-refractivity contribution in [3.05, 3.63) is 41.5 Å². The van der Waals surface area contributed by atoms with Crippen molar-refractivity contribution in [1.82, 2.24) is 25.4 Å². The number of aliphatic imine (C=N–C) groups is 1. The van der Waals surface area contributed by atoms with Gasteiger partial charge in [0.1, 0.15) is 29.7 Å². The van der Waals surface area contributed by atoms with E-state index in [4.69, 9.17) is 4.99 Å². The number of aromatic nitrogens is 3. The van der Waals surface area contributed by atoms with Gasteiger partial charge in [0.05, 0.1) is 0 Å². The predicted octanol–water partition coefficient (Wildman–Crippen LogP) is 2.62. The smallest absolute Gasteiger partial charge is 0.191 e. The molecule has 0 radical (unpaired) electrons. The van der Waals surface area contributed by atoms with Crippen molar-refractivity contribution in [3.8, 4) is 0 Å². The summed E-state index contributed by atoms with van der Waals surface area (Å²) in [4.78, 5) is 6.45. The van der Waals surface area contributed by atoms with E-state index in [1.165, 1.54) is 24.6 Å². The number of hydrogen-bond acceptors (Lipinski definition) is 4. The molecular formula is C21H29F2N7. The van der Waals surface area contributed by atoms with Gasteiger partial charge in [0.25, 0.3) is 0 Å². The number of benzene rings is 1. The molecule has 1 atom stereocenters. The van der Waals surface area contributed by atoms with Crippen LogP contribution < -0.4 is 15.5 Å². The van der Waals surface area contributed by atoms with Crippen molar-refractivity contribution in [1.29, 1.82) is 0 Å². The molecule has 4 rings (SSSR count). The lowest BCUT2D eigenvalue weighted by Gasteiger charge is -2.21. The second-order valence-electron chi connectivity index (χ2n) is 7.84. The van der Waals surface area contributed by atoms with Gasteiger partial charge in [0.15, 0.2) is 11.8 Å². The maximum absolute atomic E-state index is 14.1. The Morgan fingerprint density at radius 3 is 2.80 bits per heavy atom. The molecule has 1 saturated heterocycles. The maximum atomic E-state index is 14.1. The molecule has 0 bridgehead atoms. The highest BCUT2D eigenvalue weighted by Gasteiger charge is 2.27. The van der Waals surface area contributed by atoms with Crippen LogP contribution in [0.15, 0.2) is 23.2 Å². The van der Waals surface area contributed by atoms with Crippen molar-refractivity contribution in [3.63, 3.8) is 0 Å². The molecule has 1 fully saturated rings. The van der Waals surface area contributed by atoms with Crippen molar-refractivity contribution >= 4 is 11.6 Å². The quantitative estimate of drug-likeness (QED) is 0.578. The summed E-state index contributed by atoms with van der Waals surface area (Å²) in [6.45, 7) is 5.23. The fourth-order valence-corrected chi connectivity index (χ4v) is 4.20. The molecule has 2 aromatic rings. The Hall–Kier alpha value is -2.71. The number of hydrogen-bond donors (Lipinski definition) is 2. The van der Waals surface area contributed by atoms with Crippen LogP contribution in [0.1, 0.15) is 44.3 Å². The van der Waals surface area contributed by atoms with Gasteiger partial charge in [-0.1, -0.05) is 12.5 Å². The highest BCUT2D eigenvalue weighted by molar-refractivity contribution is 5.80. The fraction of sp³-hybridized carbons (Fsp3) is 0.571. The van der Waals surface area contributed by atoms with Crippen LogP contribution in [0.25, 0.3) is 0 Å². The van der Waals surface area contributed by atoms with Crippen molar-refractivity contribution < 1.29 is 8.78 Å². The zero-order chi connectivity index (χ0) is 20.9. The van der Waals surface area contributed by atoms with Crippen LogP contribution in [0.3, 0.4) is 0 Å². The van der Waals surface area contributed by atoms with E-state index in [1.807, 2.05) is 6.92 Å². The molecule has 7 nitrogen and oxygen atoms in total. The lowest BCUT2D eigenvalue weighted by atomic mass is 10.2. The Balaban J connectivity index is 1.41. The van der Waals surface area contributed by atoms with Gasteiger partial charge in [0, 0.05) is 38.6 Å². The van der Waals surface area contributed by atoms with Crippen LogP contribution >= 0.6 is 0 Å². The SMILES string of the molecule is CCNC(=NCc1nnc2n1CCCCC2)NC1CCN(c2c(F)cccc2F)C1. The molecule has 0 aliphatic carbocycles. The number of aryl methyl sites for hydroxylation is 1. The van der Waals surface area contributed by atoms with Gasteiger partial charge in [-0.3, -0.25) is 0 Å². The minimum atomic E-state index is -0.524. The molecule has 0 amide bonds. The summed E-state index contributed by atoms with van der Waals surface area (Å²) in [5.74, 6) is 1.57. The predicted molar refractivity (Wildman–Crippen MR) is 113 cm³/mol. The van der Waals surface area contributed by atoms with Crippen molar-refractivity contribution in [2.45, 2.75) is 58.2 Å². The zero-order valence-corrected chi connectivity index (χ0v) is 17.4. The summed E-state index contributed by atoms with van der Waals surface area (Å²) >= 11 is 0. The summed E-state index contributed by atoms with van der Waals surface area (Å²) in [5, 5.41) is 15.3. The maximum Gasteiger partial charge on any atom is 0.191 e. The highest BCUT2D eigenvalue weighted by atomic mass is 19.1. The van der Waals surface area contributed by atoms with Crippen LogP contribution in [-0.2, 0) is 19.5 Å². The molecule has 0 spiro atoms. The number of nitrogens with zero attached hydrogens (tertiary/aromatic N) is 5. The number of fused-ring (bicyclic) bond motifs is 1. The van der Waals surface area contributed by atoms with E-state index < -0.39 is 11.6 Å². The van der Waals surface area contributed by atoms with Gasteiger partial charge in [-0.2, -0.15) is 0 Å². The standard InChI is InChI=1S/C21H29F2N7/c1-2-24-21(25-13-19-28-27-18-9-4-3-5-11-30(18)19)26-15-10-12-29(14-15)20-16(22)7-6-8-17(20)23/h6-8,15H,2-5,9-14H2,1H3,(H2,24,25,26). The third kappa shape index (κ3) is 4.55. The Bertz CT molecular complexity index is 875. The van der Waals surface area contributed by atoms with E-state index >= 15 is 0 Å². The van der Waals surface area contributed by atoms with Gasteiger partial charge in [-0.15, -0.1) is 10.2 Å². The molecule has 1 aromatic carbocycles. The van der Waals surface area contributed by atoms with Crippen LogP contribution in [0, 0.1) is 11.6 Å². The molecule has 30 heavy (non-hydrogen) atoms. The molecule has 9 heteroatoms. The molecule has 0 saturated carbocycles. The second-order valence-corrected chi connectivity index (χ2v) is 7.84. The number of nitrogens with one attached hydrogen (secondary N) is 2. The third-order valence-corrected chi connectivity index (χ3v) is 5.69. The third-order valence-electron chi connectivity index (χ3n) is 5.69. The van der Waals surface area contributed by atoms with Crippen molar-refractivity contribution in [2.75, 3.05) is 24.5 Å². The Morgan fingerprint density at radius 2 is 2.00 bits per heavy atom. The van der Waals surface area contributed by atoms with Gasteiger partial charge in [-0.25, -0.2) is 13.8 Å². The summed E-state index contributed by atoms with van der Waals surface area (Å²) in [7, 11) is 0. The summed E-state index contributed by atoms with van der Waals surface area (Å²) in [6.07, 6.45) is 5.27. The molecule has 1 aromatic heterocycles. The van der Waals surface area contributed by atoms with E-state index in [1.54, 1.807) is 4.90 Å². The first kappa shape index (κ1) is 20.6. The van der Waals surface area contributed by atoms with E-state index in [0.29, 0.717) is 25.6 Å². The van der Waals surface area contributed by atoms with Gasteiger partial charge in [-0.05, 0) is 38.3 Å². The Kier molecular flexibility index (Phi) is 6.44. The first-order chi connectivity index (χ1) is 14.7. The van der Waals surface area contributed by atoms with Gasteiger partial charge < -0.3 is 20.1 Å². The first-order valence-electron chi connectivity index (χ1n) is 10.8. The summed E-state index contributed by atoms with van der Waals surface area (Å²) in [5.41, 5.74) is 0.0508. The zero-order valence-electron chi connectivity index (χ0n) is 17.4. The van der Waals surface area contributed by atoms with Crippen molar-refractivity contribution in [2.24, 2.45) is 4.99 Å². The number of anilines is 1. The molecular weight excluding hydrogens is 388 g/mol. The topological polar surface area (TPSA) is 70.4 Å². The molecule has 2 aliphatic rings. The molecule has 3 heterocycles.